The molecule has 0 bridgehead atoms. The summed E-state index contributed by atoms with van der Waals surface area (Å²) in [4.78, 5) is 16.1. The fourth-order valence-corrected chi connectivity index (χ4v) is 2.84. The normalized spacial score (nSPS) is 10.6. The van der Waals surface area contributed by atoms with Crippen molar-refractivity contribution in [2.75, 3.05) is 28.4 Å². The first kappa shape index (κ1) is 16.7. The van der Waals surface area contributed by atoms with Crippen molar-refractivity contribution in [2.24, 2.45) is 0 Å². The van der Waals surface area contributed by atoms with E-state index in [0.717, 1.165) is 0 Å². The molecule has 0 radical (unpaired) electrons. The Balaban J connectivity index is 2.19. The van der Waals surface area contributed by atoms with Crippen LogP contribution in [-0.4, -0.2) is 39.2 Å². The maximum Gasteiger partial charge on any atom is 0.205 e. The van der Waals surface area contributed by atoms with Crippen LogP contribution in [0.1, 0.15) is 15.9 Å². The number of hydrogen-bond acceptors (Lipinski definition) is 5. The Hall–Kier alpha value is -3.15. The van der Waals surface area contributed by atoms with E-state index in [1.165, 1.54) is 7.11 Å². The maximum absolute atomic E-state index is 13.0. The van der Waals surface area contributed by atoms with Gasteiger partial charge in [0.05, 0.1) is 34.0 Å². The molecule has 0 fully saturated rings. The van der Waals surface area contributed by atoms with Crippen LogP contribution in [0.15, 0.2) is 36.5 Å². The van der Waals surface area contributed by atoms with Gasteiger partial charge in [-0.2, -0.15) is 0 Å². The minimum absolute atomic E-state index is 0.126. The van der Waals surface area contributed by atoms with Crippen LogP contribution in [0.25, 0.3) is 10.9 Å². The third-order valence-electron chi connectivity index (χ3n) is 4.06. The molecule has 0 atom stereocenters. The fourth-order valence-electron chi connectivity index (χ4n) is 2.84. The van der Waals surface area contributed by atoms with E-state index >= 15 is 0 Å². The molecule has 6 nitrogen and oxygen atoms in total. The zero-order valence-electron chi connectivity index (χ0n) is 14.5. The van der Waals surface area contributed by atoms with Crippen LogP contribution in [0.3, 0.4) is 0 Å². The van der Waals surface area contributed by atoms with E-state index in [-0.39, 0.29) is 5.78 Å². The molecule has 0 aliphatic rings. The van der Waals surface area contributed by atoms with Gasteiger partial charge >= 0.3 is 0 Å². The number of aromatic nitrogens is 1. The molecule has 6 heteroatoms. The average Bonchev–Trinajstić information content (AvgIpc) is 3.09. The number of hydrogen-bond donors (Lipinski definition) is 1. The summed E-state index contributed by atoms with van der Waals surface area (Å²) in [6, 6.07) is 8.80. The van der Waals surface area contributed by atoms with E-state index in [0.29, 0.717) is 45.0 Å². The zero-order chi connectivity index (χ0) is 18.0. The first-order chi connectivity index (χ1) is 12.1. The van der Waals surface area contributed by atoms with Crippen molar-refractivity contribution in [1.29, 1.82) is 0 Å². The summed E-state index contributed by atoms with van der Waals surface area (Å²) in [5, 5.41) is 0.697. The zero-order valence-corrected chi connectivity index (χ0v) is 14.5. The second-order valence-corrected chi connectivity index (χ2v) is 5.33. The van der Waals surface area contributed by atoms with E-state index < -0.39 is 0 Å². The Kier molecular flexibility index (Phi) is 4.52. The Morgan fingerprint density at radius 2 is 1.68 bits per heavy atom. The molecule has 0 unspecified atom stereocenters. The smallest absolute Gasteiger partial charge is 0.205 e. The van der Waals surface area contributed by atoms with Crippen LogP contribution in [-0.2, 0) is 0 Å². The van der Waals surface area contributed by atoms with Gasteiger partial charge in [-0.05, 0) is 18.2 Å². The quantitative estimate of drug-likeness (QED) is 0.696. The minimum Gasteiger partial charge on any atom is -0.497 e. The SMILES string of the molecule is COc1cccc(C(=O)c2c[nH]c3c(OC)c(OC)c(OC)cc23)c1. The second-order valence-electron chi connectivity index (χ2n) is 5.33. The number of benzene rings is 2. The molecule has 25 heavy (non-hydrogen) atoms. The molecule has 0 aliphatic heterocycles. The number of carbonyl (C=O) groups excluding carboxylic acids is 1. The first-order valence-corrected chi connectivity index (χ1v) is 7.63. The molecular formula is C19H19NO5. The number of carbonyl (C=O) groups is 1. The molecule has 3 aromatic rings. The number of H-pyrrole nitrogens is 1. The lowest BCUT2D eigenvalue weighted by molar-refractivity contribution is 0.104. The van der Waals surface area contributed by atoms with Crippen molar-refractivity contribution in [1.82, 2.24) is 4.98 Å². The highest BCUT2D eigenvalue weighted by Gasteiger charge is 2.22. The van der Waals surface area contributed by atoms with Crippen LogP contribution in [0.4, 0.5) is 0 Å². The molecular weight excluding hydrogens is 322 g/mol. The van der Waals surface area contributed by atoms with E-state index in [9.17, 15) is 4.79 Å². The van der Waals surface area contributed by atoms with E-state index in [1.807, 2.05) is 0 Å². The van der Waals surface area contributed by atoms with Crippen LogP contribution in [0, 0.1) is 0 Å². The molecule has 0 spiro atoms. The number of ketones is 1. The van der Waals surface area contributed by atoms with E-state index in [2.05, 4.69) is 4.98 Å². The fraction of sp³-hybridized carbons (Fsp3) is 0.211. The molecule has 1 aromatic heterocycles. The van der Waals surface area contributed by atoms with Gasteiger partial charge in [-0.25, -0.2) is 0 Å². The monoisotopic (exact) mass is 341 g/mol. The molecule has 1 N–H and O–H groups in total. The van der Waals surface area contributed by atoms with Gasteiger partial charge in [0.15, 0.2) is 17.3 Å². The van der Waals surface area contributed by atoms with Gasteiger partial charge in [-0.1, -0.05) is 12.1 Å². The maximum atomic E-state index is 13.0. The van der Waals surface area contributed by atoms with Crippen molar-refractivity contribution < 1.29 is 23.7 Å². The van der Waals surface area contributed by atoms with Crippen molar-refractivity contribution >= 4 is 16.7 Å². The molecule has 2 aromatic carbocycles. The summed E-state index contributed by atoms with van der Waals surface area (Å²) in [5.74, 6) is 1.95. The van der Waals surface area contributed by atoms with Gasteiger partial charge in [0, 0.05) is 22.7 Å². The lowest BCUT2D eigenvalue weighted by Crippen LogP contribution is -2.01. The number of nitrogens with one attached hydrogen (secondary N) is 1. The van der Waals surface area contributed by atoms with Gasteiger partial charge in [0.25, 0.3) is 0 Å². The topological polar surface area (TPSA) is 69.8 Å². The molecule has 130 valence electrons. The average molecular weight is 341 g/mol. The largest absolute Gasteiger partial charge is 0.497 e. The molecule has 1 heterocycles. The lowest BCUT2D eigenvalue weighted by Gasteiger charge is -2.13. The Morgan fingerprint density at radius 1 is 0.920 bits per heavy atom. The van der Waals surface area contributed by atoms with Crippen LogP contribution in [0.2, 0.25) is 0 Å². The number of ether oxygens (including phenoxy) is 4. The molecule has 0 saturated heterocycles. The standard InChI is InChI=1S/C19H19NO5/c1-22-12-7-5-6-11(8-12)17(21)14-10-20-16-13(14)9-15(23-2)18(24-3)19(16)25-4/h5-10,20H,1-4H3. The Bertz CT molecular complexity index is 929. The highest BCUT2D eigenvalue weighted by atomic mass is 16.5. The summed E-state index contributed by atoms with van der Waals surface area (Å²) >= 11 is 0. The van der Waals surface area contributed by atoms with Crippen molar-refractivity contribution in [3.8, 4) is 23.0 Å². The Morgan fingerprint density at radius 3 is 2.32 bits per heavy atom. The number of methoxy groups -OCH3 is 4. The summed E-state index contributed by atoms with van der Waals surface area (Å²) < 4.78 is 21.4. The molecule has 3 rings (SSSR count). The second kappa shape index (κ2) is 6.76. The highest BCUT2D eigenvalue weighted by Crippen LogP contribution is 2.44. The predicted molar refractivity (Wildman–Crippen MR) is 94.4 cm³/mol. The van der Waals surface area contributed by atoms with Crippen molar-refractivity contribution in [3.63, 3.8) is 0 Å². The van der Waals surface area contributed by atoms with Gasteiger partial charge in [-0.3, -0.25) is 4.79 Å². The summed E-state index contributed by atoms with van der Waals surface area (Å²) in [6.07, 6.45) is 1.66. The van der Waals surface area contributed by atoms with Crippen LogP contribution >= 0.6 is 0 Å². The minimum atomic E-state index is -0.126. The highest BCUT2D eigenvalue weighted by molar-refractivity contribution is 6.17. The molecule has 0 aliphatic carbocycles. The third-order valence-corrected chi connectivity index (χ3v) is 4.06. The van der Waals surface area contributed by atoms with Gasteiger partial charge in [0.2, 0.25) is 5.75 Å². The van der Waals surface area contributed by atoms with Crippen LogP contribution in [0.5, 0.6) is 23.0 Å². The summed E-state index contributed by atoms with van der Waals surface area (Å²) in [6.45, 7) is 0. The van der Waals surface area contributed by atoms with Crippen molar-refractivity contribution in [3.05, 3.63) is 47.7 Å². The van der Waals surface area contributed by atoms with Crippen LogP contribution < -0.4 is 18.9 Å². The number of aromatic amines is 1. The number of rotatable bonds is 6. The van der Waals surface area contributed by atoms with E-state index in [4.69, 9.17) is 18.9 Å². The summed E-state index contributed by atoms with van der Waals surface area (Å²) in [5.41, 5.74) is 1.72. The Labute approximate surface area is 145 Å². The van der Waals surface area contributed by atoms with Crippen molar-refractivity contribution in [2.45, 2.75) is 0 Å². The number of fused-ring (bicyclic) bond motifs is 1. The molecule has 0 saturated carbocycles. The first-order valence-electron chi connectivity index (χ1n) is 7.63. The summed E-state index contributed by atoms with van der Waals surface area (Å²) in [7, 11) is 6.19. The molecule has 0 amide bonds. The van der Waals surface area contributed by atoms with Gasteiger partial charge in [0.1, 0.15) is 5.75 Å². The van der Waals surface area contributed by atoms with Gasteiger partial charge < -0.3 is 23.9 Å². The third kappa shape index (κ3) is 2.76. The lowest BCUT2D eigenvalue weighted by atomic mass is 10.0. The predicted octanol–water partition coefficient (Wildman–Crippen LogP) is 3.43. The van der Waals surface area contributed by atoms with Gasteiger partial charge in [-0.15, -0.1) is 0 Å². The van der Waals surface area contributed by atoms with E-state index in [1.54, 1.807) is 57.9 Å².